The monoisotopic (exact) mass is 297 g/mol. The van der Waals surface area contributed by atoms with E-state index >= 15 is 0 Å². The maximum atomic E-state index is 12.0. The van der Waals surface area contributed by atoms with E-state index in [1.54, 1.807) is 18.2 Å². The van der Waals surface area contributed by atoms with Gasteiger partial charge in [-0.2, -0.15) is 0 Å². The molecule has 1 unspecified atom stereocenters. The molecular weight excluding hydrogens is 282 g/mol. The third-order valence-electron chi connectivity index (χ3n) is 3.57. The van der Waals surface area contributed by atoms with Gasteiger partial charge >= 0.3 is 0 Å². The number of hydrogen-bond donors (Lipinski definition) is 2. The second kappa shape index (κ2) is 5.18. The van der Waals surface area contributed by atoms with Crippen molar-refractivity contribution in [2.75, 3.05) is 0 Å². The molecule has 0 saturated heterocycles. The lowest BCUT2D eigenvalue weighted by Gasteiger charge is -2.27. The number of amides is 1. The Morgan fingerprint density at radius 2 is 2.05 bits per heavy atom. The molecule has 0 fully saturated rings. The van der Waals surface area contributed by atoms with Gasteiger partial charge in [-0.15, -0.1) is 11.3 Å². The van der Waals surface area contributed by atoms with Crippen molar-refractivity contribution in [2.45, 2.75) is 11.8 Å². The Hall–Kier alpha value is -2.40. The van der Waals surface area contributed by atoms with E-state index in [0.717, 1.165) is 11.3 Å². The smallest absolute Gasteiger partial charge is 0.234 e. The lowest BCUT2D eigenvalue weighted by Crippen LogP contribution is -2.41. The number of thiazole rings is 1. The van der Waals surface area contributed by atoms with Crippen molar-refractivity contribution >= 4 is 17.2 Å². The molecule has 1 atom stereocenters. The van der Waals surface area contributed by atoms with Crippen LogP contribution in [0.15, 0.2) is 59.6 Å². The molecule has 106 valence electrons. The number of carbonyl (C=O) groups excluding carboxylic acids is 1. The lowest BCUT2D eigenvalue weighted by molar-refractivity contribution is -0.122. The first kappa shape index (κ1) is 13.6. The number of aromatic nitrogens is 1. The number of nitrogens with zero attached hydrogens (tertiary/aromatic N) is 1. The summed E-state index contributed by atoms with van der Waals surface area (Å²) in [5.41, 5.74) is 13.1. The quantitative estimate of drug-likeness (QED) is 0.912. The zero-order chi connectivity index (χ0) is 14.9. The molecule has 1 aliphatic carbocycles. The topological polar surface area (TPSA) is 82.0 Å². The summed E-state index contributed by atoms with van der Waals surface area (Å²) < 4.78 is 0. The van der Waals surface area contributed by atoms with Crippen LogP contribution < -0.4 is 11.5 Å². The summed E-state index contributed by atoms with van der Waals surface area (Å²) in [6, 6.07) is 9.84. The van der Waals surface area contributed by atoms with Gasteiger partial charge in [-0.05, 0) is 6.08 Å². The van der Waals surface area contributed by atoms with Crippen molar-refractivity contribution in [2.24, 2.45) is 11.5 Å². The van der Waals surface area contributed by atoms with E-state index in [4.69, 9.17) is 11.5 Å². The highest BCUT2D eigenvalue weighted by Gasteiger charge is 2.40. The first-order chi connectivity index (χ1) is 10.1. The van der Waals surface area contributed by atoms with Crippen molar-refractivity contribution in [1.82, 2.24) is 4.98 Å². The van der Waals surface area contributed by atoms with Crippen molar-refractivity contribution < 1.29 is 4.79 Å². The Morgan fingerprint density at radius 1 is 1.29 bits per heavy atom. The molecule has 4 N–H and O–H groups in total. The fourth-order valence-electron chi connectivity index (χ4n) is 2.42. The molecule has 0 bridgehead atoms. The van der Waals surface area contributed by atoms with Crippen LogP contribution in [0.4, 0.5) is 0 Å². The van der Waals surface area contributed by atoms with Gasteiger partial charge in [0.2, 0.25) is 5.91 Å². The van der Waals surface area contributed by atoms with Crippen LogP contribution in [0.2, 0.25) is 0 Å². The van der Waals surface area contributed by atoms with Crippen LogP contribution in [0.5, 0.6) is 0 Å². The molecule has 2 aromatic rings. The summed E-state index contributed by atoms with van der Waals surface area (Å²) >= 11 is 1.43. The molecule has 0 saturated carbocycles. The molecule has 5 heteroatoms. The van der Waals surface area contributed by atoms with Gasteiger partial charge < -0.3 is 11.5 Å². The predicted octanol–water partition coefficient (Wildman–Crippen LogP) is 2.34. The minimum absolute atomic E-state index is 0.376. The van der Waals surface area contributed by atoms with Crippen LogP contribution in [0.25, 0.3) is 11.3 Å². The molecule has 21 heavy (non-hydrogen) atoms. The average Bonchev–Trinajstić information content (AvgIpc) is 2.98. The molecule has 1 amide bonds. The highest BCUT2D eigenvalue weighted by molar-refractivity contribution is 7.10. The Bertz CT molecular complexity index is 733. The number of allylic oxidation sites excluding steroid dienone is 3. The zero-order valence-electron chi connectivity index (χ0n) is 11.3. The van der Waals surface area contributed by atoms with Crippen molar-refractivity contribution in [1.29, 1.82) is 0 Å². The lowest BCUT2D eigenvalue weighted by atomic mass is 9.80. The fourth-order valence-corrected chi connectivity index (χ4v) is 3.43. The number of carbonyl (C=O) groups is 1. The van der Waals surface area contributed by atoms with E-state index < -0.39 is 11.3 Å². The van der Waals surface area contributed by atoms with Gasteiger partial charge in [0.05, 0.1) is 5.69 Å². The molecule has 1 aromatic carbocycles. The van der Waals surface area contributed by atoms with Crippen molar-refractivity contribution in [3.63, 3.8) is 0 Å². The number of hydrogen-bond acceptors (Lipinski definition) is 4. The molecule has 0 spiro atoms. The minimum atomic E-state index is -0.934. The second-order valence-electron chi connectivity index (χ2n) is 5.02. The van der Waals surface area contributed by atoms with Gasteiger partial charge in [-0.1, -0.05) is 42.5 Å². The van der Waals surface area contributed by atoms with E-state index in [9.17, 15) is 4.79 Å². The number of benzene rings is 1. The highest BCUT2D eigenvalue weighted by Crippen LogP contribution is 2.37. The largest absolute Gasteiger partial charge is 0.402 e. The third kappa shape index (κ3) is 2.36. The van der Waals surface area contributed by atoms with E-state index in [1.807, 2.05) is 35.7 Å². The standard InChI is InChI=1S/C16H15N3OS/c17-12-7-4-8-16(9-12,14(18)20)15-19-13(10-21-15)11-5-2-1-3-6-11/h1-8,10H,9,17H2,(H2,18,20). The van der Waals surface area contributed by atoms with E-state index in [0.29, 0.717) is 17.1 Å². The molecule has 0 radical (unpaired) electrons. The van der Waals surface area contributed by atoms with E-state index in [-0.39, 0.29) is 0 Å². The maximum Gasteiger partial charge on any atom is 0.234 e. The van der Waals surface area contributed by atoms with Crippen LogP contribution >= 0.6 is 11.3 Å². The molecule has 1 aromatic heterocycles. The van der Waals surface area contributed by atoms with Gasteiger partial charge in [0, 0.05) is 23.1 Å². The minimum Gasteiger partial charge on any atom is -0.402 e. The number of primary amides is 1. The second-order valence-corrected chi connectivity index (χ2v) is 5.88. The van der Waals surface area contributed by atoms with Crippen LogP contribution in [0, 0.1) is 0 Å². The molecular formula is C16H15N3OS. The van der Waals surface area contributed by atoms with Crippen molar-refractivity contribution in [3.05, 3.63) is 64.6 Å². The highest BCUT2D eigenvalue weighted by atomic mass is 32.1. The van der Waals surface area contributed by atoms with E-state index in [2.05, 4.69) is 4.98 Å². The van der Waals surface area contributed by atoms with Gasteiger partial charge in [0.15, 0.2) is 0 Å². The number of nitrogens with two attached hydrogens (primary N) is 2. The summed E-state index contributed by atoms with van der Waals surface area (Å²) in [6.45, 7) is 0. The maximum absolute atomic E-state index is 12.0. The zero-order valence-corrected chi connectivity index (χ0v) is 12.1. The third-order valence-corrected chi connectivity index (χ3v) is 4.59. The molecule has 3 rings (SSSR count). The predicted molar refractivity (Wildman–Crippen MR) is 84.4 cm³/mol. The van der Waals surface area contributed by atoms with Crippen LogP contribution in [-0.4, -0.2) is 10.9 Å². The summed E-state index contributed by atoms with van der Waals surface area (Å²) in [7, 11) is 0. The van der Waals surface area contributed by atoms with Gasteiger partial charge in [-0.25, -0.2) is 4.98 Å². The Labute approximate surface area is 126 Å². The molecule has 1 heterocycles. The van der Waals surface area contributed by atoms with Crippen LogP contribution in [0.3, 0.4) is 0 Å². The van der Waals surface area contributed by atoms with Crippen LogP contribution in [-0.2, 0) is 10.2 Å². The first-order valence-electron chi connectivity index (χ1n) is 6.57. The first-order valence-corrected chi connectivity index (χ1v) is 7.45. The average molecular weight is 297 g/mol. The Kier molecular flexibility index (Phi) is 3.35. The fraction of sp³-hybridized carbons (Fsp3) is 0.125. The summed E-state index contributed by atoms with van der Waals surface area (Å²) in [6.07, 6.45) is 5.72. The molecule has 1 aliphatic rings. The van der Waals surface area contributed by atoms with Crippen molar-refractivity contribution in [3.8, 4) is 11.3 Å². The van der Waals surface area contributed by atoms with Gasteiger partial charge in [-0.3, -0.25) is 4.79 Å². The van der Waals surface area contributed by atoms with Crippen LogP contribution in [0.1, 0.15) is 11.4 Å². The molecule has 0 aliphatic heterocycles. The summed E-state index contributed by atoms with van der Waals surface area (Å²) in [5, 5.41) is 2.62. The van der Waals surface area contributed by atoms with E-state index in [1.165, 1.54) is 11.3 Å². The van der Waals surface area contributed by atoms with Gasteiger partial charge in [0.1, 0.15) is 10.4 Å². The van der Waals surface area contributed by atoms with Gasteiger partial charge in [0.25, 0.3) is 0 Å². The summed E-state index contributed by atoms with van der Waals surface area (Å²) in [4.78, 5) is 16.6. The molecule has 4 nitrogen and oxygen atoms in total. The normalized spacial score (nSPS) is 21.0. The Balaban J connectivity index is 2.03. The summed E-state index contributed by atoms with van der Waals surface area (Å²) in [5.74, 6) is -0.427. The number of rotatable bonds is 3. The SMILES string of the molecule is NC(=O)C1(c2nc(-c3ccccc3)cs2)C=CC=C(N)C1. The Morgan fingerprint density at radius 3 is 2.71 bits per heavy atom.